The van der Waals surface area contributed by atoms with Crippen molar-refractivity contribution in [1.29, 1.82) is 0 Å². The summed E-state index contributed by atoms with van der Waals surface area (Å²) < 4.78 is 10.2. The van der Waals surface area contributed by atoms with Crippen LogP contribution in [-0.2, 0) is 20.9 Å². The van der Waals surface area contributed by atoms with Crippen molar-refractivity contribution in [3.8, 4) is 5.75 Å². The zero-order chi connectivity index (χ0) is 14.6. The molecule has 5 nitrogen and oxygen atoms in total. The second-order valence-electron chi connectivity index (χ2n) is 4.55. The summed E-state index contributed by atoms with van der Waals surface area (Å²) in [5.74, 6) is -0.296. The van der Waals surface area contributed by atoms with E-state index in [9.17, 15) is 9.59 Å². The van der Waals surface area contributed by atoms with Crippen LogP contribution in [0.3, 0.4) is 0 Å². The molecule has 0 bridgehead atoms. The highest BCUT2D eigenvalue weighted by Gasteiger charge is 2.14. The Balaban J connectivity index is 2.91. The van der Waals surface area contributed by atoms with Gasteiger partial charge in [-0.3, -0.25) is 4.79 Å². The van der Waals surface area contributed by atoms with Gasteiger partial charge in [-0.1, -0.05) is 0 Å². The molecule has 0 aliphatic carbocycles. The largest absolute Gasteiger partial charge is 0.461 e. The van der Waals surface area contributed by atoms with Gasteiger partial charge in [-0.05, 0) is 49.6 Å². The molecule has 19 heavy (non-hydrogen) atoms. The fourth-order valence-electron chi connectivity index (χ4n) is 1.66. The Morgan fingerprint density at radius 2 is 1.79 bits per heavy atom. The SMILES string of the molecule is CC(=O)OCc1cc(C)c(OC(=O)C(C)N)c(C)c1. The molecule has 0 radical (unpaired) electrons. The Kier molecular flexibility index (Phi) is 5.06. The number of hydrogen-bond donors (Lipinski definition) is 1. The highest BCUT2D eigenvalue weighted by Crippen LogP contribution is 2.25. The molecule has 1 unspecified atom stereocenters. The third-order valence-electron chi connectivity index (χ3n) is 2.54. The first-order chi connectivity index (χ1) is 8.81. The molecule has 0 fully saturated rings. The van der Waals surface area contributed by atoms with Gasteiger partial charge in [-0.2, -0.15) is 0 Å². The number of aryl methyl sites for hydroxylation is 2. The lowest BCUT2D eigenvalue weighted by atomic mass is 10.1. The van der Waals surface area contributed by atoms with Gasteiger partial charge in [0.2, 0.25) is 0 Å². The number of nitrogens with two attached hydrogens (primary N) is 1. The van der Waals surface area contributed by atoms with Gasteiger partial charge in [0.1, 0.15) is 18.4 Å². The van der Waals surface area contributed by atoms with E-state index in [2.05, 4.69) is 0 Å². The predicted octanol–water partition coefficient (Wildman–Crippen LogP) is 1.62. The molecule has 0 spiro atoms. The highest BCUT2D eigenvalue weighted by molar-refractivity contribution is 5.78. The first kappa shape index (κ1) is 15.2. The number of ether oxygens (including phenoxy) is 2. The van der Waals surface area contributed by atoms with E-state index in [1.54, 1.807) is 6.92 Å². The quantitative estimate of drug-likeness (QED) is 0.661. The van der Waals surface area contributed by atoms with Gasteiger partial charge in [0.15, 0.2) is 0 Å². The summed E-state index contributed by atoms with van der Waals surface area (Å²) in [6.07, 6.45) is 0. The monoisotopic (exact) mass is 265 g/mol. The van der Waals surface area contributed by atoms with Crippen molar-refractivity contribution in [1.82, 2.24) is 0 Å². The van der Waals surface area contributed by atoms with Gasteiger partial charge in [-0.15, -0.1) is 0 Å². The van der Waals surface area contributed by atoms with E-state index in [-0.39, 0.29) is 12.6 Å². The van der Waals surface area contributed by atoms with E-state index in [1.165, 1.54) is 6.92 Å². The van der Waals surface area contributed by atoms with Crippen LogP contribution in [0.1, 0.15) is 30.5 Å². The topological polar surface area (TPSA) is 78.6 Å². The standard InChI is InChI=1S/C14H19NO4/c1-8-5-12(7-18-11(4)16)6-9(2)13(8)19-14(17)10(3)15/h5-6,10H,7,15H2,1-4H3. The van der Waals surface area contributed by atoms with Gasteiger partial charge < -0.3 is 15.2 Å². The summed E-state index contributed by atoms with van der Waals surface area (Å²) in [7, 11) is 0. The van der Waals surface area contributed by atoms with Gasteiger partial charge in [0.25, 0.3) is 0 Å². The second kappa shape index (κ2) is 6.33. The number of rotatable bonds is 4. The van der Waals surface area contributed by atoms with Gasteiger partial charge in [-0.25, -0.2) is 4.79 Å². The third kappa shape index (κ3) is 4.37. The molecule has 1 aromatic rings. The van der Waals surface area contributed by atoms with Crippen LogP contribution in [0.2, 0.25) is 0 Å². The summed E-state index contributed by atoms with van der Waals surface area (Å²) in [5.41, 5.74) is 7.92. The molecule has 0 aromatic heterocycles. The summed E-state index contributed by atoms with van der Waals surface area (Å²) >= 11 is 0. The number of esters is 2. The Morgan fingerprint density at radius 3 is 2.21 bits per heavy atom. The Morgan fingerprint density at radius 1 is 1.26 bits per heavy atom. The molecule has 0 aliphatic heterocycles. The molecular weight excluding hydrogens is 246 g/mol. The molecule has 0 aliphatic rings. The second-order valence-corrected chi connectivity index (χ2v) is 4.55. The van der Waals surface area contributed by atoms with Crippen LogP contribution in [0, 0.1) is 13.8 Å². The summed E-state index contributed by atoms with van der Waals surface area (Å²) in [4.78, 5) is 22.3. The smallest absolute Gasteiger partial charge is 0.328 e. The molecule has 1 atom stereocenters. The minimum atomic E-state index is -0.667. The minimum Gasteiger partial charge on any atom is -0.461 e. The number of carbonyl (C=O) groups is 2. The lowest BCUT2D eigenvalue weighted by Crippen LogP contribution is -2.31. The predicted molar refractivity (Wildman–Crippen MR) is 70.7 cm³/mol. The average Bonchev–Trinajstić information content (AvgIpc) is 2.30. The molecule has 2 N–H and O–H groups in total. The summed E-state index contributed by atoms with van der Waals surface area (Å²) in [6, 6.07) is 2.97. The van der Waals surface area contributed by atoms with Crippen LogP contribution < -0.4 is 10.5 Å². The average molecular weight is 265 g/mol. The van der Waals surface area contributed by atoms with E-state index < -0.39 is 12.0 Å². The van der Waals surface area contributed by atoms with Crippen molar-refractivity contribution in [2.24, 2.45) is 5.73 Å². The fourth-order valence-corrected chi connectivity index (χ4v) is 1.66. The Hall–Kier alpha value is -1.88. The van der Waals surface area contributed by atoms with Crippen molar-refractivity contribution in [2.75, 3.05) is 0 Å². The van der Waals surface area contributed by atoms with Gasteiger partial charge in [0, 0.05) is 6.92 Å². The van der Waals surface area contributed by atoms with Gasteiger partial charge in [0.05, 0.1) is 0 Å². The van der Waals surface area contributed by atoms with Crippen LogP contribution >= 0.6 is 0 Å². The fraction of sp³-hybridized carbons (Fsp3) is 0.429. The van der Waals surface area contributed by atoms with Crippen LogP contribution in [0.15, 0.2) is 12.1 Å². The molecule has 104 valence electrons. The van der Waals surface area contributed by atoms with E-state index >= 15 is 0 Å². The van der Waals surface area contributed by atoms with E-state index in [0.717, 1.165) is 16.7 Å². The molecule has 5 heteroatoms. The number of carbonyl (C=O) groups excluding carboxylic acids is 2. The van der Waals surface area contributed by atoms with Crippen LogP contribution in [0.25, 0.3) is 0 Å². The van der Waals surface area contributed by atoms with E-state index in [0.29, 0.717) is 5.75 Å². The number of hydrogen-bond acceptors (Lipinski definition) is 5. The molecule has 0 saturated heterocycles. The van der Waals surface area contributed by atoms with E-state index in [4.69, 9.17) is 15.2 Å². The van der Waals surface area contributed by atoms with E-state index in [1.807, 2.05) is 26.0 Å². The van der Waals surface area contributed by atoms with Crippen molar-refractivity contribution < 1.29 is 19.1 Å². The van der Waals surface area contributed by atoms with Crippen LogP contribution in [0.5, 0.6) is 5.75 Å². The first-order valence-electron chi connectivity index (χ1n) is 6.02. The lowest BCUT2D eigenvalue weighted by Gasteiger charge is -2.14. The highest BCUT2D eigenvalue weighted by atomic mass is 16.5. The minimum absolute atomic E-state index is 0.207. The van der Waals surface area contributed by atoms with Crippen molar-refractivity contribution in [3.05, 3.63) is 28.8 Å². The summed E-state index contributed by atoms with van der Waals surface area (Å²) in [5, 5.41) is 0. The molecule has 0 heterocycles. The maximum atomic E-state index is 11.5. The van der Waals surface area contributed by atoms with Crippen molar-refractivity contribution in [2.45, 2.75) is 40.3 Å². The maximum Gasteiger partial charge on any atom is 0.328 e. The van der Waals surface area contributed by atoms with Gasteiger partial charge >= 0.3 is 11.9 Å². The first-order valence-corrected chi connectivity index (χ1v) is 6.02. The zero-order valence-electron chi connectivity index (χ0n) is 11.6. The maximum absolute atomic E-state index is 11.5. The third-order valence-corrected chi connectivity index (χ3v) is 2.54. The summed E-state index contributed by atoms with van der Waals surface area (Å²) in [6.45, 7) is 6.79. The van der Waals surface area contributed by atoms with Crippen LogP contribution in [0.4, 0.5) is 0 Å². The molecule has 0 amide bonds. The number of benzene rings is 1. The Bertz CT molecular complexity index is 471. The van der Waals surface area contributed by atoms with Crippen molar-refractivity contribution >= 4 is 11.9 Å². The normalized spacial score (nSPS) is 11.8. The van der Waals surface area contributed by atoms with Crippen molar-refractivity contribution in [3.63, 3.8) is 0 Å². The molecular formula is C14H19NO4. The lowest BCUT2D eigenvalue weighted by molar-refractivity contribution is -0.142. The molecule has 1 rings (SSSR count). The molecule has 0 saturated carbocycles. The Labute approximate surface area is 112 Å². The zero-order valence-corrected chi connectivity index (χ0v) is 11.6. The molecule has 1 aromatic carbocycles. The van der Waals surface area contributed by atoms with Crippen LogP contribution in [-0.4, -0.2) is 18.0 Å².